The van der Waals surface area contributed by atoms with Gasteiger partial charge in [-0.25, -0.2) is 4.79 Å². The number of carbonyl (C=O) groups is 1. The van der Waals surface area contributed by atoms with E-state index >= 15 is 0 Å². The number of pyridine rings is 1. The molecule has 1 aliphatic rings. The topological polar surface area (TPSA) is 85.8 Å². The maximum absolute atomic E-state index is 12.6. The highest BCUT2D eigenvalue weighted by atomic mass is 32.2. The first kappa shape index (κ1) is 20.0. The molecule has 0 spiro atoms. The van der Waals surface area contributed by atoms with Gasteiger partial charge in [-0.15, -0.1) is 0 Å². The van der Waals surface area contributed by atoms with Gasteiger partial charge in [0, 0.05) is 18.8 Å². The van der Waals surface area contributed by atoms with Gasteiger partial charge >= 0.3 is 6.09 Å². The van der Waals surface area contributed by atoms with E-state index in [0.29, 0.717) is 6.42 Å². The summed E-state index contributed by atoms with van der Waals surface area (Å²) in [5, 5.41) is 0. The molecule has 1 amide bonds. The number of likely N-dealkylation sites (tertiary alicyclic amines) is 1. The molecule has 2 aromatic rings. The predicted octanol–water partition coefficient (Wildman–Crippen LogP) is 2.85. The molecule has 148 valence electrons. The van der Waals surface area contributed by atoms with Gasteiger partial charge < -0.3 is 4.74 Å². The number of aromatic nitrogens is 1. The first-order chi connectivity index (χ1) is 13.4. The van der Waals surface area contributed by atoms with Crippen molar-refractivity contribution in [3.63, 3.8) is 0 Å². The van der Waals surface area contributed by atoms with Crippen LogP contribution >= 0.6 is 0 Å². The number of hydrogen-bond acceptors (Lipinski definition) is 6. The number of benzene rings is 1. The molecule has 7 nitrogen and oxygen atoms in total. The van der Waals surface area contributed by atoms with Crippen LogP contribution in [0.2, 0.25) is 0 Å². The van der Waals surface area contributed by atoms with Gasteiger partial charge in [-0.3, -0.25) is 14.1 Å². The molecular formula is C20H22N2O5S. The van der Waals surface area contributed by atoms with Crippen molar-refractivity contribution in [3.05, 3.63) is 72.1 Å². The standard InChI is InChI=1S/C20H22N2O5S/c1-28(24,25)27-19-13-18(8-7-16-9-11-21-12-10-16)22(14-19)20(23)26-15-17-5-3-2-4-6-17/h2-12,18-19H,13-15H2,1H3/t18-,19-/m1/s1. The van der Waals surface area contributed by atoms with Crippen LogP contribution in [0.4, 0.5) is 4.79 Å². The lowest BCUT2D eigenvalue weighted by Gasteiger charge is -2.21. The van der Waals surface area contributed by atoms with E-state index in [4.69, 9.17) is 8.92 Å². The maximum Gasteiger partial charge on any atom is 0.410 e. The van der Waals surface area contributed by atoms with Gasteiger partial charge in [0.2, 0.25) is 0 Å². The highest BCUT2D eigenvalue weighted by Crippen LogP contribution is 2.24. The average Bonchev–Trinajstić information content (AvgIpc) is 3.07. The first-order valence-electron chi connectivity index (χ1n) is 8.84. The molecule has 0 radical (unpaired) electrons. The highest BCUT2D eigenvalue weighted by molar-refractivity contribution is 7.86. The zero-order valence-electron chi connectivity index (χ0n) is 15.5. The van der Waals surface area contributed by atoms with Crippen molar-refractivity contribution in [3.8, 4) is 0 Å². The van der Waals surface area contributed by atoms with Gasteiger partial charge in [0.25, 0.3) is 10.1 Å². The summed E-state index contributed by atoms with van der Waals surface area (Å²) in [7, 11) is -3.61. The summed E-state index contributed by atoms with van der Waals surface area (Å²) in [4.78, 5) is 18.1. The Hall–Kier alpha value is -2.71. The number of carbonyl (C=O) groups excluding carboxylic acids is 1. The van der Waals surface area contributed by atoms with Gasteiger partial charge in [0.15, 0.2) is 0 Å². The Morgan fingerprint density at radius 1 is 1.21 bits per heavy atom. The van der Waals surface area contributed by atoms with Gasteiger partial charge in [0.1, 0.15) is 6.61 Å². The summed E-state index contributed by atoms with van der Waals surface area (Å²) in [6.07, 6.45) is 7.34. The van der Waals surface area contributed by atoms with Crippen LogP contribution in [0.1, 0.15) is 17.5 Å². The van der Waals surface area contributed by atoms with Crippen LogP contribution in [0.15, 0.2) is 60.9 Å². The van der Waals surface area contributed by atoms with E-state index in [9.17, 15) is 13.2 Å². The lowest BCUT2D eigenvalue weighted by molar-refractivity contribution is 0.0938. The molecule has 8 heteroatoms. The summed E-state index contributed by atoms with van der Waals surface area (Å²) >= 11 is 0. The Morgan fingerprint density at radius 3 is 2.61 bits per heavy atom. The van der Waals surface area contributed by atoms with Gasteiger partial charge in [-0.2, -0.15) is 8.42 Å². The number of ether oxygens (including phenoxy) is 1. The van der Waals surface area contributed by atoms with E-state index in [0.717, 1.165) is 17.4 Å². The van der Waals surface area contributed by atoms with Crippen molar-refractivity contribution in [2.75, 3.05) is 12.8 Å². The Balaban J connectivity index is 1.70. The molecule has 28 heavy (non-hydrogen) atoms. The first-order valence-corrected chi connectivity index (χ1v) is 10.7. The summed E-state index contributed by atoms with van der Waals surface area (Å²) < 4.78 is 33.5. The summed E-state index contributed by atoms with van der Waals surface area (Å²) in [5.74, 6) is 0. The molecule has 2 heterocycles. The number of amides is 1. The molecule has 0 saturated carbocycles. The van der Waals surface area contributed by atoms with E-state index in [1.165, 1.54) is 4.90 Å². The van der Waals surface area contributed by atoms with Crippen LogP contribution in [0, 0.1) is 0 Å². The summed E-state index contributed by atoms with van der Waals surface area (Å²) in [5.41, 5.74) is 1.81. The predicted molar refractivity (Wildman–Crippen MR) is 105 cm³/mol. The molecule has 1 aliphatic heterocycles. The quantitative estimate of drug-likeness (QED) is 0.691. The fraction of sp³-hybridized carbons (Fsp3) is 0.300. The highest BCUT2D eigenvalue weighted by Gasteiger charge is 2.37. The summed E-state index contributed by atoms with van der Waals surface area (Å²) in [6, 6.07) is 12.7. The number of hydrogen-bond donors (Lipinski definition) is 0. The molecule has 2 atom stereocenters. The molecule has 0 N–H and O–H groups in total. The average molecular weight is 402 g/mol. The number of nitrogens with zero attached hydrogens (tertiary/aromatic N) is 2. The molecule has 0 aliphatic carbocycles. The van der Waals surface area contributed by atoms with Crippen molar-refractivity contribution < 1.29 is 22.1 Å². The minimum absolute atomic E-state index is 0.145. The summed E-state index contributed by atoms with van der Waals surface area (Å²) in [6.45, 7) is 0.292. The van der Waals surface area contributed by atoms with Crippen molar-refractivity contribution in [1.29, 1.82) is 0 Å². The SMILES string of the molecule is CS(=O)(=O)O[C@@H]1C[C@@H](C=Cc2ccncc2)N(C(=O)OCc2ccccc2)C1. The third kappa shape index (κ3) is 5.90. The zero-order chi connectivity index (χ0) is 20.0. The second-order valence-corrected chi connectivity index (χ2v) is 8.16. The van der Waals surface area contributed by atoms with Gasteiger partial charge in [-0.05, 0) is 23.3 Å². The largest absolute Gasteiger partial charge is 0.445 e. The van der Waals surface area contributed by atoms with Crippen LogP contribution in [0.5, 0.6) is 0 Å². The van der Waals surface area contributed by atoms with Crippen molar-refractivity contribution in [2.24, 2.45) is 0 Å². The fourth-order valence-corrected chi connectivity index (χ4v) is 3.67. The van der Waals surface area contributed by atoms with E-state index in [1.54, 1.807) is 12.4 Å². The maximum atomic E-state index is 12.6. The molecule has 0 unspecified atom stereocenters. The Morgan fingerprint density at radius 2 is 1.93 bits per heavy atom. The van der Waals surface area contributed by atoms with Crippen molar-refractivity contribution in [1.82, 2.24) is 9.88 Å². The van der Waals surface area contributed by atoms with Crippen molar-refractivity contribution in [2.45, 2.75) is 25.2 Å². The van der Waals surface area contributed by atoms with E-state index in [-0.39, 0.29) is 19.2 Å². The lowest BCUT2D eigenvalue weighted by atomic mass is 10.1. The smallest absolute Gasteiger partial charge is 0.410 e. The van der Waals surface area contributed by atoms with Crippen LogP contribution < -0.4 is 0 Å². The fourth-order valence-electron chi connectivity index (χ4n) is 3.03. The normalized spacial score (nSPS) is 19.8. The zero-order valence-corrected chi connectivity index (χ0v) is 16.3. The second-order valence-electron chi connectivity index (χ2n) is 6.56. The third-order valence-corrected chi connectivity index (χ3v) is 4.89. The minimum Gasteiger partial charge on any atom is -0.445 e. The van der Waals surface area contributed by atoms with E-state index in [1.807, 2.05) is 54.6 Å². The van der Waals surface area contributed by atoms with Gasteiger partial charge in [0.05, 0.1) is 24.9 Å². The molecule has 1 aromatic carbocycles. The van der Waals surface area contributed by atoms with Crippen LogP contribution in [0.3, 0.4) is 0 Å². The molecule has 1 saturated heterocycles. The van der Waals surface area contributed by atoms with E-state index < -0.39 is 22.3 Å². The van der Waals surface area contributed by atoms with Crippen LogP contribution in [-0.2, 0) is 25.6 Å². The van der Waals surface area contributed by atoms with Crippen LogP contribution in [0.25, 0.3) is 6.08 Å². The number of rotatable bonds is 6. The molecule has 1 fully saturated rings. The molecular weight excluding hydrogens is 380 g/mol. The monoisotopic (exact) mass is 402 g/mol. The Bertz CT molecular complexity index is 916. The third-order valence-electron chi connectivity index (χ3n) is 4.27. The van der Waals surface area contributed by atoms with Gasteiger partial charge in [-0.1, -0.05) is 42.5 Å². The van der Waals surface area contributed by atoms with Crippen LogP contribution in [-0.4, -0.2) is 49.3 Å². The Kier molecular flexibility index (Phi) is 6.43. The van der Waals surface area contributed by atoms with E-state index in [2.05, 4.69) is 4.98 Å². The van der Waals surface area contributed by atoms with Crippen molar-refractivity contribution >= 4 is 22.3 Å². The Labute approximate surface area is 164 Å². The molecule has 0 bridgehead atoms. The minimum atomic E-state index is -3.61. The molecule has 1 aromatic heterocycles. The second kappa shape index (κ2) is 8.99. The molecule has 3 rings (SSSR count). The lowest BCUT2D eigenvalue weighted by Crippen LogP contribution is -2.35.